The molecule has 0 unspecified atom stereocenters. The summed E-state index contributed by atoms with van der Waals surface area (Å²) in [4.78, 5) is 15.1. The van der Waals surface area contributed by atoms with Crippen LogP contribution in [0.5, 0.6) is 0 Å². The van der Waals surface area contributed by atoms with Crippen LogP contribution in [-0.4, -0.2) is 26.0 Å². The molecule has 0 saturated heterocycles. The van der Waals surface area contributed by atoms with Crippen LogP contribution in [0.1, 0.15) is 42.5 Å². The van der Waals surface area contributed by atoms with Crippen molar-refractivity contribution in [2.75, 3.05) is 5.32 Å². The molecule has 1 aliphatic rings. The lowest BCUT2D eigenvalue weighted by atomic mass is 10.0. The minimum Gasteiger partial charge on any atom is -0.379 e. The van der Waals surface area contributed by atoms with Crippen LogP contribution in [0.2, 0.25) is 0 Å². The number of aliphatic hydroxyl groups is 1. The second kappa shape index (κ2) is 7.74. The van der Waals surface area contributed by atoms with Crippen LogP contribution >= 0.6 is 0 Å². The van der Waals surface area contributed by atoms with Crippen LogP contribution in [0.3, 0.4) is 0 Å². The third-order valence-electron chi connectivity index (χ3n) is 5.55. The number of aromatic amines is 1. The number of pyridine rings is 1. The number of hydrogen-bond acceptors (Lipinski definition) is 5. The van der Waals surface area contributed by atoms with E-state index in [4.69, 9.17) is 0 Å². The second-order valence-corrected chi connectivity index (χ2v) is 7.77. The molecule has 31 heavy (non-hydrogen) atoms. The zero-order valence-electron chi connectivity index (χ0n) is 16.6. The van der Waals surface area contributed by atoms with Crippen LogP contribution in [0, 0.1) is 24.2 Å². The smallest absolute Gasteiger partial charge is 0.379 e. The molecule has 0 aliphatic heterocycles. The summed E-state index contributed by atoms with van der Waals surface area (Å²) in [7, 11) is 0. The first-order valence-electron chi connectivity index (χ1n) is 9.80. The van der Waals surface area contributed by atoms with E-state index in [1.807, 2.05) is 0 Å². The normalized spacial score (nSPS) is 16.1. The predicted molar refractivity (Wildman–Crippen MR) is 108 cm³/mol. The van der Waals surface area contributed by atoms with E-state index in [0.29, 0.717) is 22.5 Å². The van der Waals surface area contributed by atoms with E-state index in [0.717, 1.165) is 12.8 Å². The van der Waals surface area contributed by atoms with Gasteiger partial charge in [-0.05, 0) is 55.0 Å². The van der Waals surface area contributed by atoms with Crippen molar-refractivity contribution in [1.82, 2.24) is 14.8 Å². The number of benzene rings is 1. The van der Waals surface area contributed by atoms with Crippen LogP contribution in [-0.2, 0) is 0 Å². The van der Waals surface area contributed by atoms with Gasteiger partial charge in [-0.3, -0.25) is 9.48 Å². The number of halogens is 3. The zero-order valence-corrected chi connectivity index (χ0v) is 16.6. The van der Waals surface area contributed by atoms with Gasteiger partial charge in [0, 0.05) is 11.9 Å². The molecule has 1 aromatic carbocycles. The maximum absolute atomic E-state index is 12.9. The maximum Gasteiger partial charge on any atom is 0.418 e. The summed E-state index contributed by atoms with van der Waals surface area (Å²) in [6, 6.07) is 7.79. The molecule has 1 saturated carbocycles. The first-order valence-corrected chi connectivity index (χ1v) is 9.80. The van der Waals surface area contributed by atoms with Gasteiger partial charge in [0.15, 0.2) is 11.9 Å². The van der Waals surface area contributed by atoms with Gasteiger partial charge in [0.2, 0.25) is 0 Å². The number of nitrogens with one attached hydrogen (secondary N) is 2. The van der Waals surface area contributed by atoms with Crippen molar-refractivity contribution in [3.63, 3.8) is 0 Å². The molecular weight excluding hydrogens is 411 g/mol. The lowest BCUT2D eigenvalue weighted by Crippen LogP contribution is -2.21. The molecule has 2 atom stereocenters. The Bertz CT molecular complexity index is 1220. The lowest BCUT2D eigenvalue weighted by molar-refractivity contribution is -0.206. The van der Waals surface area contributed by atoms with Crippen molar-refractivity contribution in [3.8, 4) is 6.07 Å². The first kappa shape index (κ1) is 20.9. The zero-order chi connectivity index (χ0) is 22.3. The van der Waals surface area contributed by atoms with E-state index < -0.39 is 12.3 Å². The van der Waals surface area contributed by atoms with E-state index >= 15 is 0 Å². The number of H-pyrrole nitrogens is 1. The molecule has 0 spiro atoms. The number of alkyl halides is 3. The predicted octanol–water partition coefficient (Wildman–Crippen LogP) is 4.24. The third-order valence-corrected chi connectivity index (χ3v) is 5.55. The summed E-state index contributed by atoms with van der Waals surface area (Å²) in [5.74, 6) is 0.573. The molecule has 10 heteroatoms. The van der Waals surface area contributed by atoms with Crippen molar-refractivity contribution >= 4 is 22.4 Å². The number of aliphatic hydroxyl groups excluding tert-OH is 1. The summed E-state index contributed by atoms with van der Waals surface area (Å²) >= 11 is 0. The molecule has 4 rings (SSSR count). The average molecular weight is 431 g/mol. The molecule has 0 bridgehead atoms. The molecule has 1 fully saturated rings. The molecule has 7 nitrogen and oxygen atoms in total. The Kier molecular flexibility index (Phi) is 5.23. The first-order chi connectivity index (χ1) is 14.7. The molecule has 0 amide bonds. The maximum atomic E-state index is 12.9. The Hall–Kier alpha value is -3.32. The van der Waals surface area contributed by atoms with Crippen LogP contribution < -0.4 is 10.9 Å². The van der Waals surface area contributed by atoms with Crippen molar-refractivity contribution in [1.29, 1.82) is 5.26 Å². The number of anilines is 2. The van der Waals surface area contributed by atoms with Gasteiger partial charge in [0.05, 0.1) is 24.0 Å². The fourth-order valence-electron chi connectivity index (χ4n) is 3.84. The summed E-state index contributed by atoms with van der Waals surface area (Å²) in [6.07, 6.45) is -3.59. The van der Waals surface area contributed by atoms with Gasteiger partial charge >= 0.3 is 6.18 Å². The summed E-state index contributed by atoms with van der Waals surface area (Å²) in [5, 5.41) is 26.6. The average Bonchev–Trinajstić information content (AvgIpc) is 3.48. The van der Waals surface area contributed by atoms with Crippen LogP contribution in [0.25, 0.3) is 10.9 Å². The topological polar surface area (TPSA) is 107 Å². The molecule has 162 valence electrons. The Labute approximate surface area is 175 Å². The highest BCUT2D eigenvalue weighted by Crippen LogP contribution is 2.43. The fourth-order valence-corrected chi connectivity index (χ4v) is 3.84. The molecule has 2 aromatic heterocycles. The molecule has 1 aliphatic carbocycles. The van der Waals surface area contributed by atoms with E-state index in [1.165, 1.54) is 31.3 Å². The minimum atomic E-state index is -4.76. The van der Waals surface area contributed by atoms with Crippen molar-refractivity contribution in [3.05, 3.63) is 51.9 Å². The largest absolute Gasteiger partial charge is 0.418 e. The number of rotatable bonds is 6. The highest BCUT2D eigenvalue weighted by Gasteiger charge is 2.40. The van der Waals surface area contributed by atoms with Gasteiger partial charge in [0.1, 0.15) is 5.39 Å². The Morgan fingerprint density at radius 3 is 2.74 bits per heavy atom. The number of fused-ring (bicyclic) bond motifs is 1. The monoisotopic (exact) mass is 431 g/mol. The van der Waals surface area contributed by atoms with Crippen molar-refractivity contribution in [2.45, 2.75) is 44.5 Å². The van der Waals surface area contributed by atoms with Gasteiger partial charge in [-0.15, -0.1) is 0 Å². The molecule has 3 N–H and O–H groups in total. The van der Waals surface area contributed by atoms with Crippen LogP contribution in [0.4, 0.5) is 24.7 Å². The molecular formula is C21H20F3N5O2. The quantitative estimate of drug-likeness (QED) is 0.541. The minimum absolute atomic E-state index is 0.157. The Morgan fingerprint density at radius 1 is 1.39 bits per heavy atom. The van der Waals surface area contributed by atoms with Gasteiger partial charge < -0.3 is 15.4 Å². The second-order valence-electron chi connectivity index (χ2n) is 7.77. The molecule has 2 heterocycles. The SMILES string of the molecule is Cc1cc(Nc2nn([C@@H](CC#N)C3CC3)c3cc[nH]c(=O)c23)ccc1[C@@H](O)C(F)(F)F. The van der Waals surface area contributed by atoms with E-state index in [9.17, 15) is 28.3 Å². The van der Waals surface area contributed by atoms with Crippen molar-refractivity contribution < 1.29 is 18.3 Å². The number of hydrogen-bond donors (Lipinski definition) is 3. The molecule has 0 radical (unpaired) electrons. The number of aromatic nitrogens is 3. The summed E-state index contributed by atoms with van der Waals surface area (Å²) in [5.41, 5.74) is 0.647. The van der Waals surface area contributed by atoms with Crippen molar-refractivity contribution in [2.24, 2.45) is 5.92 Å². The van der Waals surface area contributed by atoms with E-state index in [1.54, 1.807) is 10.7 Å². The third kappa shape index (κ3) is 4.01. The standard InChI is InChI=1S/C21H20F3N5O2/c1-11-10-13(4-5-14(11)18(30)21(22,23)24)27-19-17-16(7-9-26-20(17)31)29(28-19)15(6-8-25)12-2-3-12/h4-5,7,9-10,12,15,18,30H,2-3,6H2,1H3,(H,26,31)(H,27,28)/t15-,18+/m0/s1. The fraction of sp³-hybridized carbons (Fsp3) is 0.381. The van der Waals surface area contributed by atoms with E-state index in [-0.39, 0.29) is 35.0 Å². The number of nitriles is 1. The van der Waals surface area contributed by atoms with Gasteiger partial charge in [-0.25, -0.2) is 0 Å². The Morgan fingerprint density at radius 2 is 2.13 bits per heavy atom. The van der Waals surface area contributed by atoms with Gasteiger partial charge in [-0.1, -0.05) is 6.07 Å². The summed E-state index contributed by atoms with van der Waals surface area (Å²) in [6.45, 7) is 1.47. The number of nitrogens with zero attached hydrogens (tertiary/aromatic N) is 3. The highest BCUT2D eigenvalue weighted by atomic mass is 19.4. The number of aryl methyl sites for hydroxylation is 1. The highest BCUT2D eigenvalue weighted by molar-refractivity contribution is 5.91. The van der Waals surface area contributed by atoms with Gasteiger partial charge in [-0.2, -0.15) is 23.5 Å². The summed E-state index contributed by atoms with van der Waals surface area (Å²) < 4.78 is 40.3. The lowest BCUT2D eigenvalue weighted by Gasteiger charge is -2.17. The van der Waals surface area contributed by atoms with Gasteiger partial charge in [0.25, 0.3) is 5.56 Å². The van der Waals surface area contributed by atoms with Crippen LogP contribution in [0.15, 0.2) is 35.3 Å². The Balaban J connectivity index is 1.73. The molecule has 3 aromatic rings. The van der Waals surface area contributed by atoms with E-state index in [2.05, 4.69) is 21.5 Å².